The molecule has 1 aliphatic heterocycles. The second kappa shape index (κ2) is 23.5. The van der Waals surface area contributed by atoms with Crippen LogP contribution in [-0.2, 0) is 20.4 Å². The molecule has 0 atom stereocenters. The number of aryl methyl sites for hydroxylation is 1. The maximum atomic E-state index is 3.98. The van der Waals surface area contributed by atoms with Crippen LogP contribution >= 0.6 is 0 Å². The Morgan fingerprint density at radius 3 is 1.04 bits per heavy atom. The molecule has 0 aliphatic carbocycles. The monoisotopic (exact) mass is 771 g/mol. The summed E-state index contributed by atoms with van der Waals surface area (Å²) in [6.45, 7) is 21.7. The van der Waals surface area contributed by atoms with Gasteiger partial charge >= 0.3 is 20.4 Å². The Kier molecular flexibility index (Phi) is 22.6. The van der Waals surface area contributed by atoms with Crippen molar-refractivity contribution in [2.45, 2.75) is 137 Å². The average Bonchev–Trinajstić information content (AvgIpc) is 3.54. The van der Waals surface area contributed by atoms with Crippen molar-refractivity contribution in [3.05, 3.63) is 101 Å². The summed E-state index contributed by atoms with van der Waals surface area (Å²) in [6.07, 6.45) is 16.0. The van der Waals surface area contributed by atoms with Gasteiger partial charge in [0.1, 0.15) is 0 Å². The molecule has 0 saturated heterocycles. The summed E-state index contributed by atoms with van der Waals surface area (Å²) < 4.78 is 0. The molecule has 0 spiro atoms. The summed E-state index contributed by atoms with van der Waals surface area (Å²) in [7, 11) is 0. The van der Waals surface area contributed by atoms with Gasteiger partial charge in [0.15, 0.2) is 0 Å². The van der Waals surface area contributed by atoms with E-state index in [-0.39, 0.29) is 45.2 Å². The van der Waals surface area contributed by atoms with Crippen LogP contribution in [0.15, 0.2) is 73.2 Å². The van der Waals surface area contributed by atoms with E-state index in [4.69, 9.17) is 0 Å². The SMILES string of the molecule is CCC(CC)c1cccc(C(CC)CC)c1N1C=CN(c2c(C(CC)CC)cccc2C(CC)CC)C1.Cc1ccccn1.[Cl-].[Cl-].[Pd+2]. The third kappa shape index (κ3) is 11.4. The number of pyridine rings is 1. The van der Waals surface area contributed by atoms with Crippen molar-refractivity contribution in [1.29, 1.82) is 0 Å². The molecule has 0 saturated carbocycles. The molecule has 2 heterocycles. The minimum Gasteiger partial charge on any atom is -1.00 e. The summed E-state index contributed by atoms with van der Waals surface area (Å²) >= 11 is 0. The molecule has 1 aliphatic rings. The molecule has 0 unspecified atom stereocenters. The van der Waals surface area contributed by atoms with E-state index in [1.807, 2.05) is 25.1 Å². The van der Waals surface area contributed by atoms with Crippen LogP contribution in [0.2, 0.25) is 0 Å². The Hall–Kier alpha value is -1.83. The maximum Gasteiger partial charge on any atom is 2.00 e. The quantitative estimate of drug-likeness (QED) is 0.176. The van der Waals surface area contributed by atoms with Gasteiger partial charge in [0.25, 0.3) is 0 Å². The van der Waals surface area contributed by atoms with E-state index in [0.717, 1.165) is 12.4 Å². The van der Waals surface area contributed by atoms with Crippen LogP contribution in [0.25, 0.3) is 0 Å². The zero-order valence-corrected chi connectivity index (χ0v) is 33.6. The largest absolute Gasteiger partial charge is 2.00 e. The van der Waals surface area contributed by atoms with Gasteiger partial charge in [-0.25, -0.2) is 0 Å². The van der Waals surface area contributed by atoms with Gasteiger partial charge in [0, 0.05) is 35.7 Å². The zero-order valence-electron chi connectivity index (χ0n) is 30.5. The van der Waals surface area contributed by atoms with Gasteiger partial charge in [-0.1, -0.05) is 97.9 Å². The number of para-hydroxylation sites is 2. The number of hydrogen-bond donors (Lipinski definition) is 0. The van der Waals surface area contributed by atoms with Crippen LogP contribution in [0.3, 0.4) is 0 Å². The average molecular weight is 773 g/mol. The normalized spacial score (nSPS) is 12.2. The first-order valence-electron chi connectivity index (χ1n) is 17.8. The van der Waals surface area contributed by atoms with Crippen molar-refractivity contribution in [2.24, 2.45) is 0 Å². The van der Waals surface area contributed by atoms with Crippen LogP contribution in [-0.4, -0.2) is 11.7 Å². The van der Waals surface area contributed by atoms with Gasteiger partial charge in [-0.15, -0.1) is 0 Å². The van der Waals surface area contributed by atoms with Crippen molar-refractivity contribution < 1.29 is 45.2 Å². The minimum absolute atomic E-state index is 0. The molecule has 2 aromatic carbocycles. The van der Waals surface area contributed by atoms with Crippen LogP contribution in [0.4, 0.5) is 11.4 Å². The standard InChI is InChI=1S/C35H54N2.C6H7N.2ClH.Pd/c1-9-26(10-2)30-19-17-20-31(27(11-3)12-4)34(30)36-23-24-37(25-36)35-32(28(13-5)14-6)21-18-22-33(35)29(15-7)16-8;1-6-4-2-3-5-7-6;;;/h17-24,26-29H,9-16,25H2,1-8H3;2-5H,1H3;2*1H;/q;;;;+2/p-2. The summed E-state index contributed by atoms with van der Waals surface area (Å²) in [6, 6.07) is 20.1. The fraction of sp³-hybridized carbons (Fsp3) is 0.537. The molecule has 47 heavy (non-hydrogen) atoms. The van der Waals surface area contributed by atoms with E-state index in [1.165, 1.54) is 85.0 Å². The molecule has 0 N–H and O–H groups in total. The molecule has 4 rings (SSSR count). The Morgan fingerprint density at radius 1 is 0.511 bits per heavy atom. The summed E-state index contributed by atoms with van der Waals surface area (Å²) in [4.78, 5) is 9.12. The van der Waals surface area contributed by atoms with E-state index in [1.54, 1.807) is 6.20 Å². The first-order chi connectivity index (χ1) is 21.4. The fourth-order valence-electron chi connectivity index (χ4n) is 7.21. The van der Waals surface area contributed by atoms with E-state index < -0.39 is 0 Å². The van der Waals surface area contributed by atoms with Crippen LogP contribution in [0.5, 0.6) is 0 Å². The number of aromatic nitrogens is 1. The summed E-state index contributed by atoms with van der Waals surface area (Å²) in [5.74, 6) is 2.40. The first-order valence-corrected chi connectivity index (χ1v) is 17.8. The minimum atomic E-state index is 0. The van der Waals surface area contributed by atoms with Crippen molar-refractivity contribution in [2.75, 3.05) is 16.5 Å². The van der Waals surface area contributed by atoms with Gasteiger partial charge in [-0.2, -0.15) is 0 Å². The predicted octanol–water partition coefficient (Wildman–Crippen LogP) is 6.45. The van der Waals surface area contributed by atoms with E-state index >= 15 is 0 Å². The van der Waals surface area contributed by atoms with Gasteiger partial charge in [-0.05, 0) is 116 Å². The predicted molar refractivity (Wildman–Crippen MR) is 194 cm³/mol. The molecule has 0 amide bonds. The van der Waals surface area contributed by atoms with E-state index in [9.17, 15) is 0 Å². The van der Waals surface area contributed by atoms with Gasteiger partial charge in [0.2, 0.25) is 0 Å². The number of anilines is 2. The van der Waals surface area contributed by atoms with Gasteiger partial charge < -0.3 is 34.6 Å². The van der Waals surface area contributed by atoms with Crippen molar-refractivity contribution >= 4 is 11.4 Å². The number of hydrogen-bond acceptors (Lipinski definition) is 3. The Morgan fingerprint density at radius 2 is 0.830 bits per heavy atom. The van der Waals surface area contributed by atoms with Crippen molar-refractivity contribution in [3.8, 4) is 0 Å². The van der Waals surface area contributed by atoms with Crippen molar-refractivity contribution in [1.82, 2.24) is 4.98 Å². The smallest absolute Gasteiger partial charge is 1.00 e. The number of nitrogens with zero attached hydrogens (tertiary/aromatic N) is 3. The molecular weight excluding hydrogens is 712 g/mol. The van der Waals surface area contributed by atoms with E-state index in [2.05, 4.69) is 119 Å². The number of rotatable bonds is 14. The second-order valence-electron chi connectivity index (χ2n) is 12.5. The summed E-state index contributed by atoms with van der Waals surface area (Å²) in [5.41, 5.74) is 10.2. The van der Waals surface area contributed by atoms with Gasteiger partial charge in [0.05, 0.1) is 6.67 Å². The Balaban J connectivity index is 0.00000187. The third-order valence-corrected chi connectivity index (χ3v) is 10.0. The number of halogens is 2. The molecule has 3 aromatic rings. The summed E-state index contributed by atoms with van der Waals surface area (Å²) in [5, 5.41) is 0. The third-order valence-electron chi connectivity index (χ3n) is 10.0. The van der Waals surface area contributed by atoms with Crippen LogP contribution < -0.4 is 34.6 Å². The maximum absolute atomic E-state index is 3.98. The molecule has 6 heteroatoms. The van der Waals surface area contributed by atoms with Crippen LogP contribution in [0, 0.1) is 6.92 Å². The molecule has 0 bridgehead atoms. The molecular formula is C41H61Cl2N3Pd. The topological polar surface area (TPSA) is 19.4 Å². The van der Waals surface area contributed by atoms with Crippen LogP contribution in [0.1, 0.15) is 158 Å². The Labute approximate surface area is 314 Å². The van der Waals surface area contributed by atoms with Crippen molar-refractivity contribution in [3.63, 3.8) is 0 Å². The second-order valence-corrected chi connectivity index (χ2v) is 12.5. The Bertz CT molecular complexity index is 1140. The van der Waals surface area contributed by atoms with Gasteiger partial charge in [-0.3, -0.25) is 4.98 Å². The number of benzene rings is 2. The van der Waals surface area contributed by atoms with E-state index in [0.29, 0.717) is 23.7 Å². The molecule has 0 radical (unpaired) electrons. The fourth-order valence-corrected chi connectivity index (χ4v) is 7.21. The molecule has 264 valence electrons. The molecule has 1 aromatic heterocycles. The molecule has 3 nitrogen and oxygen atoms in total. The zero-order chi connectivity index (χ0) is 32.1. The molecule has 0 fully saturated rings. The first kappa shape index (κ1) is 45.2.